The van der Waals surface area contributed by atoms with Gasteiger partial charge in [0.05, 0.1) is 10.2 Å². The summed E-state index contributed by atoms with van der Waals surface area (Å²) >= 11 is 1.16. The molecule has 0 aliphatic heterocycles. The zero-order chi connectivity index (χ0) is 17.1. The Kier molecular flexibility index (Phi) is 4.76. The zero-order valence-corrected chi connectivity index (χ0v) is 14.0. The monoisotopic (exact) mass is 344 g/mol. The maximum Gasteiger partial charge on any atom is 0.308 e. The number of rotatable bonds is 5. The quantitative estimate of drug-likeness (QED) is 0.765. The molecule has 0 fully saturated rings. The van der Waals surface area contributed by atoms with E-state index in [0.29, 0.717) is 24.2 Å². The van der Waals surface area contributed by atoms with Crippen LogP contribution >= 0.6 is 11.3 Å². The van der Waals surface area contributed by atoms with Crippen LogP contribution in [-0.4, -0.2) is 10.5 Å². The van der Waals surface area contributed by atoms with Crippen LogP contribution in [0.15, 0.2) is 47.3 Å². The van der Waals surface area contributed by atoms with Crippen LogP contribution in [0.5, 0.6) is 0 Å². The second-order valence-electron chi connectivity index (χ2n) is 5.43. The SMILES string of the molecule is CCn1c(=O)sc2cc(NC(=O)CCc3ccccc3F)ccc21. The third-order valence-corrected chi connectivity index (χ3v) is 4.79. The molecule has 0 bridgehead atoms. The van der Waals surface area contributed by atoms with Crippen LogP contribution in [0, 0.1) is 5.82 Å². The van der Waals surface area contributed by atoms with Gasteiger partial charge in [0.2, 0.25) is 5.91 Å². The number of aromatic nitrogens is 1. The van der Waals surface area contributed by atoms with Gasteiger partial charge in [-0.25, -0.2) is 4.39 Å². The van der Waals surface area contributed by atoms with Crippen LogP contribution in [0.3, 0.4) is 0 Å². The average molecular weight is 344 g/mol. The van der Waals surface area contributed by atoms with Crippen LogP contribution in [0.2, 0.25) is 0 Å². The first kappa shape index (κ1) is 16.4. The number of amides is 1. The summed E-state index contributed by atoms with van der Waals surface area (Å²) in [7, 11) is 0. The predicted molar refractivity (Wildman–Crippen MR) is 95.1 cm³/mol. The van der Waals surface area contributed by atoms with Crippen molar-refractivity contribution in [3.8, 4) is 0 Å². The largest absolute Gasteiger partial charge is 0.326 e. The highest BCUT2D eigenvalue weighted by molar-refractivity contribution is 7.16. The highest BCUT2D eigenvalue weighted by atomic mass is 32.1. The smallest absolute Gasteiger partial charge is 0.308 e. The molecular formula is C18H17FN2O2S. The molecule has 3 rings (SSSR count). The van der Waals surface area contributed by atoms with E-state index in [9.17, 15) is 14.0 Å². The lowest BCUT2D eigenvalue weighted by Gasteiger charge is -2.06. The summed E-state index contributed by atoms with van der Waals surface area (Å²) in [6, 6.07) is 11.9. The number of thiazole rings is 1. The maximum absolute atomic E-state index is 13.6. The molecule has 1 heterocycles. The van der Waals surface area contributed by atoms with Gasteiger partial charge < -0.3 is 5.32 Å². The Morgan fingerprint density at radius 1 is 1.25 bits per heavy atom. The van der Waals surface area contributed by atoms with Gasteiger partial charge in [0.15, 0.2) is 0 Å². The molecule has 0 spiro atoms. The normalized spacial score (nSPS) is 10.9. The summed E-state index contributed by atoms with van der Waals surface area (Å²) in [5.41, 5.74) is 2.05. The summed E-state index contributed by atoms with van der Waals surface area (Å²) in [5, 5.41) is 2.80. The van der Waals surface area contributed by atoms with E-state index >= 15 is 0 Å². The van der Waals surface area contributed by atoms with Crippen LogP contribution in [0.4, 0.5) is 10.1 Å². The third kappa shape index (κ3) is 3.38. The number of aryl methyl sites for hydroxylation is 2. The predicted octanol–water partition coefficient (Wildman–Crippen LogP) is 3.79. The van der Waals surface area contributed by atoms with Gasteiger partial charge in [-0.05, 0) is 43.2 Å². The van der Waals surface area contributed by atoms with Crippen molar-refractivity contribution in [3.05, 3.63) is 63.5 Å². The van der Waals surface area contributed by atoms with E-state index in [2.05, 4.69) is 5.32 Å². The topological polar surface area (TPSA) is 51.1 Å². The van der Waals surface area contributed by atoms with Crippen LogP contribution in [0.1, 0.15) is 18.9 Å². The molecule has 0 atom stereocenters. The number of halogens is 1. The molecule has 24 heavy (non-hydrogen) atoms. The van der Waals surface area contributed by atoms with Gasteiger partial charge in [0.25, 0.3) is 0 Å². The zero-order valence-electron chi connectivity index (χ0n) is 13.2. The van der Waals surface area contributed by atoms with Gasteiger partial charge in [0.1, 0.15) is 5.82 Å². The summed E-state index contributed by atoms with van der Waals surface area (Å²) in [4.78, 5) is 23.9. The first-order chi connectivity index (χ1) is 11.6. The van der Waals surface area contributed by atoms with E-state index in [1.165, 1.54) is 6.07 Å². The summed E-state index contributed by atoms with van der Waals surface area (Å²) < 4.78 is 16.1. The number of fused-ring (bicyclic) bond motifs is 1. The molecule has 1 amide bonds. The molecule has 6 heteroatoms. The standard InChI is InChI=1S/C18H17FN2O2S/c1-2-21-15-9-8-13(11-16(15)24-18(21)23)20-17(22)10-7-12-5-3-4-6-14(12)19/h3-6,8-9,11H,2,7,10H2,1H3,(H,20,22). The van der Waals surface area contributed by atoms with Crippen LogP contribution in [-0.2, 0) is 17.8 Å². The number of hydrogen-bond acceptors (Lipinski definition) is 3. The van der Waals surface area contributed by atoms with E-state index in [0.717, 1.165) is 21.6 Å². The summed E-state index contributed by atoms with van der Waals surface area (Å²) in [6.45, 7) is 2.54. The van der Waals surface area contributed by atoms with Gasteiger partial charge in [-0.3, -0.25) is 14.2 Å². The molecule has 0 saturated carbocycles. The van der Waals surface area contributed by atoms with Gasteiger partial charge in [-0.2, -0.15) is 0 Å². The molecule has 0 unspecified atom stereocenters. The number of nitrogens with one attached hydrogen (secondary N) is 1. The summed E-state index contributed by atoms with van der Waals surface area (Å²) in [6.07, 6.45) is 0.547. The van der Waals surface area contributed by atoms with Crippen molar-refractivity contribution in [3.63, 3.8) is 0 Å². The lowest BCUT2D eigenvalue weighted by Crippen LogP contribution is -2.12. The van der Waals surface area contributed by atoms with Crippen molar-refractivity contribution in [1.29, 1.82) is 0 Å². The van der Waals surface area contributed by atoms with Gasteiger partial charge in [0, 0.05) is 18.7 Å². The van der Waals surface area contributed by atoms with Crippen molar-refractivity contribution in [2.45, 2.75) is 26.3 Å². The van der Waals surface area contributed by atoms with Crippen molar-refractivity contribution in [2.75, 3.05) is 5.32 Å². The van der Waals surface area contributed by atoms with Crippen molar-refractivity contribution in [2.24, 2.45) is 0 Å². The van der Waals surface area contributed by atoms with Gasteiger partial charge in [-0.15, -0.1) is 0 Å². The molecular weight excluding hydrogens is 327 g/mol. The van der Waals surface area contributed by atoms with Crippen molar-refractivity contribution >= 4 is 33.1 Å². The highest BCUT2D eigenvalue weighted by Gasteiger charge is 2.09. The second kappa shape index (κ2) is 6.97. The molecule has 0 saturated heterocycles. The molecule has 1 N–H and O–H groups in total. The van der Waals surface area contributed by atoms with E-state index in [1.54, 1.807) is 34.9 Å². The molecule has 0 aliphatic rings. The van der Waals surface area contributed by atoms with E-state index in [4.69, 9.17) is 0 Å². The molecule has 1 aromatic heterocycles. The lowest BCUT2D eigenvalue weighted by molar-refractivity contribution is -0.116. The van der Waals surface area contributed by atoms with Crippen molar-refractivity contribution < 1.29 is 9.18 Å². The fourth-order valence-corrected chi connectivity index (χ4v) is 3.61. The Bertz CT molecular complexity index is 946. The minimum atomic E-state index is -0.294. The van der Waals surface area contributed by atoms with Crippen LogP contribution in [0.25, 0.3) is 10.2 Å². The fraction of sp³-hybridized carbons (Fsp3) is 0.222. The number of benzene rings is 2. The van der Waals surface area contributed by atoms with Gasteiger partial charge in [-0.1, -0.05) is 29.5 Å². The molecule has 0 radical (unpaired) electrons. The van der Waals surface area contributed by atoms with Gasteiger partial charge >= 0.3 is 4.87 Å². The fourth-order valence-electron chi connectivity index (χ4n) is 2.62. The average Bonchev–Trinajstić information content (AvgIpc) is 2.88. The molecule has 3 aromatic rings. The molecule has 4 nitrogen and oxygen atoms in total. The van der Waals surface area contributed by atoms with E-state index in [1.807, 2.05) is 13.0 Å². The molecule has 0 aliphatic carbocycles. The Morgan fingerprint density at radius 3 is 2.79 bits per heavy atom. The number of anilines is 1. The van der Waals surface area contributed by atoms with E-state index < -0.39 is 0 Å². The Labute approximate surface area is 142 Å². The Balaban J connectivity index is 1.69. The first-order valence-corrected chi connectivity index (χ1v) is 8.57. The second-order valence-corrected chi connectivity index (χ2v) is 6.43. The highest BCUT2D eigenvalue weighted by Crippen LogP contribution is 2.22. The lowest BCUT2D eigenvalue weighted by atomic mass is 10.1. The number of carbonyl (C=O) groups is 1. The number of hydrogen-bond donors (Lipinski definition) is 1. The Morgan fingerprint density at radius 2 is 2.04 bits per heavy atom. The number of nitrogens with zero attached hydrogens (tertiary/aromatic N) is 1. The third-order valence-electron chi connectivity index (χ3n) is 3.85. The molecule has 124 valence electrons. The maximum atomic E-state index is 13.6. The first-order valence-electron chi connectivity index (χ1n) is 7.75. The Hall–Kier alpha value is -2.47. The minimum absolute atomic E-state index is 0.00414. The number of carbonyl (C=O) groups excluding carboxylic acids is 1. The van der Waals surface area contributed by atoms with E-state index in [-0.39, 0.29) is 23.0 Å². The minimum Gasteiger partial charge on any atom is -0.326 e. The van der Waals surface area contributed by atoms with Crippen LogP contribution < -0.4 is 10.2 Å². The summed E-state index contributed by atoms with van der Waals surface area (Å²) in [5.74, 6) is -0.475. The van der Waals surface area contributed by atoms with Crippen molar-refractivity contribution in [1.82, 2.24) is 4.57 Å². The molecule has 2 aromatic carbocycles.